The van der Waals surface area contributed by atoms with E-state index >= 15 is 0 Å². The van der Waals surface area contributed by atoms with E-state index in [1.165, 1.54) is 4.31 Å². The molecule has 2 aliphatic rings. The van der Waals surface area contributed by atoms with Gasteiger partial charge in [-0.1, -0.05) is 31.5 Å². The molecule has 0 radical (unpaired) electrons. The predicted octanol–water partition coefficient (Wildman–Crippen LogP) is 2.37. The second-order valence-electron chi connectivity index (χ2n) is 6.36. The van der Waals surface area contributed by atoms with Crippen molar-refractivity contribution in [2.45, 2.75) is 50.6 Å². The summed E-state index contributed by atoms with van der Waals surface area (Å²) in [5, 5.41) is 0. The van der Waals surface area contributed by atoms with Crippen molar-refractivity contribution < 1.29 is 13.2 Å². The van der Waals surface area contributed by atoms with Crippen molar-refractivity contribution in [2.75, 3.05) is 0 Å². The van der Waals surface area contributed by atoms with Crippen LogP contribution < -0.4 is 0 Å². The van der Waals surface area contributed by atoms with Crippen LogP contribution >= 0.6 is 0 Å². The van der Waals surface area contributed by atoms with Gasteiger partial charge >= 0.3 is 0 Å². The second-order valence-corrected chi connectivity index (χ2v) is 8.20. The van der Waals surface area contributed by atoms with Gasteiger partial charge < -0.3 is 0 Å². The summed E-state index contributed by atoms with van der Waals surface area (Å²) < 4.78 is 27.4. The number of benzene rings is 1. The van der Waals surface area contributed by atoms with Crippen molar-refractivity contribution in [1.82, 2.24) is 4.31 Å². The van der Waals surface area contributed by atoms with Crippen LogP contribution in [0.4, 0.5) is 0 Å². The molecule has 1 aromatic carbocycles. The highest BCUT2D eigenvalue weighted by Crippen LogP contribution is 2.43. The third-order valence-electron chi connectivity index (χ3n) is 5.14. The molecule has 114 valence electrons. The minimum Gasteiger partial charge on any atom is -0.298 e. The van der Waals surface area contributed by atoms with E-state index in [4.69, 9.17) is 0 Å². The van der Waals surface area contributed by atoms with Gasteiger partial charge in [-0.05, 0) is 37.8 Å². The van der Waals surface area contributed by atoms with Crippen LogP contribution in [0.5, 0.6) is 0 Å². The van der Waals surface area contributed by atoms with E-state index in [9.17, 15) is 13.2 Å². The number of piperidine rings is 1. The van der Waals surface area contributed by atoms with Crippen LogP contribution in [0.15, 0.2) is 29.2 Å². The van der Waals surface area contributed by atoms with Crippen molar-refractivity contribution in [1.29, 1.82) is 0 Å². The predicted molar refractivity (Wildman–Crippen MR) is 80.3 cm³/mol. The van der Waals surface area contributed by atoms with E-state index in [0.29, 0.717) is 11.3 Å². The molecular formula is C16H21NO3S. The number of nitrogens with zero attached hydrogens (tertiary/aromatic N) is 1. The Morgan fingerprint density at radius 1 is 1.10 bits per heavy atom. The number of sulfonamides is 1. The van der Waals surface area contributed by atoms with Gasteiger partial charge in [0.05, 0.1) is 10.9 Å². The third-order valence-corrected chi connectivity index (χ3v) is 7.09. The zero-order valence-electron chi connectivity index (χ0n) is 12.6. The molecule has 2 fully saturated rings. The molecule has 2 aliphatic heterocycles. The number of aryl methyl sites for hydroxylation is 1. The minimum atomic E-state index is -3.59. The Bertz CT molecular complexity index is 665. The van der Waals surface area contributed by atoms with E-state index in [0.717, 1.165) is 12.0 Å². The number of carbonyl (C=O) groups excluding carboxylic acids is 1. The molecule has 5 heteroatoms. The fourth-order valence-corrected chi connectivity index (χ4v) is 5.57. The Kier molecular flexibility index (Phi) is 3.45. The van der Waals surface area contributed by atoms with E-state index in [1.54, 1.807) is 24.3 Å². The Morgan fingerprint density at radius 3 is 2.33 bits per heavy atom. The Morgan fingerprint density at radius 2 is 1.71 bits per heavy atom. The fraction of sp³-hybridized carbons (Fsp3) is 0.562. The van der Waals surface area contributed by atoms with Crippen molar-refractivity contribution in [3.8, 4) is 0 Å². The average Bonchev–Trinajstić information content (AvgIpc) is 2.86. The number of hydrogen-bond donors (Lipinski definition) is 0. The third kappa shape index (κ3) is 2.14. The Hall–Kier alpha value is -1.20. The molecular weight excluding hydrogens is 286 g/mol. The molecule has 0 unspecified atom stereocenters. The molecule has 2 saturated heterocycles. The van der Waals surface area contributed by atoms with E-state index < -0.39 is 16.1 Å². The molecule has 3 rings (SSSR count). The van der Waals surface area contributed by atoms with Crippen LogP contribution in [0.25, 0.3) is 0 Å². The number of carbonyl (C=O) groups is 1. The van der Waals surface area contributed by atoms with Gasteiger partial charge in [0.15, 0.2) is 5.78 Å². The van der Waals surface area contributed by atoms with Crippen LogP contribution in [-0.4, -0.2) is 30.6 Å². The van der Waals surface area contributed by atoms with Crippen LogP contribution in [0.2, 0.25) is 0 Å². The maximum Gasteiger partial charge on any atom is 0.243 e. The highest BCUT2D eigenvalue weighted by atomic mass is 32.2. The van der Waals surface area contributed by atoms with Gasteiger partial charge in [0.1, 0.15) is 0 Å². The van der Waals surface area contributed by atoms with Crippen LogP contribution in [-0.2, 0) is 14.8 Å². The van der Waals surface area contributed by atoms with E-state index in [1.807, 2.05) is 20.8 Å². The standard InChI is InChI=1S/C16H21NO3S/c1-10-4-6-13(7-5-10)21(19,20)17-14-8-9-15(17)16(18)12(3)11(14)2/h4-7,11-12,14-15H,8-9H2,1-3H3/t11-,12+,14+,15-/m1/s1. The van der Waals surface area contributed by atoms with Crippen molar-refractivity contribution in [2.24, 2.45) is 11.8 Å². The number of hydrogen-bond acceptors (Lipinski definition) is 3. The lowest BCUT2D eigenvalue weighted by molar-refractivity contribution is -0.130. The first kappa shape index (κ1) is 14.7. The van der Waals surface area contributed by atoms with Gasteiger partial charge in [-0.2, -0.15) is 4.31 Å². The smallest absolute Gasteiger partial charge is 0.243 e. The molecule has 4 atom stereocenters. The van der Waals surface area contributed by atoms with Crippen LogP contribution in [0.3, 0.4) is 0 Å². The quantitative estimate of drug-likeness (QED) is 0.843. The molecule has 0 aromatic heterocycles. The molecule has 2 bridgehead atoms. The lowest BCUT2D eigenvalue weighted by Crippen LogP contribution is -2.55. The zero-order chi connectivity index (χ0) is 15.4. The summed E-state index contributed by atoms with van der Waals surface area (Å²) in [6.45, 7) is 5.84. The molecule has 0 aliphatic carbocycles. The minimum absolute atomic E-state index is 0.0472. The van der Waals surface area contributed by atoms with Gasteiger partial charge in [-0.3, -0.25) is 4.79 Å². The molecule has 0 N–H and O–H groups in total. The van der Waals surface area contributed by atoms with Gasteiger partial charge in [0.25, 0.3) is 0 Å². The molecule has 21 heavy (non-hydrogen) atoms. The van der Waals surface area contributed by atoms with E-state index in [-0.39, 0.29) is 23.7 Å². The first-order chi connectivity index (χ1) is 9.84. The lowest BCUT2D eigenvalue weighted by Gasteiger charge is -2.40. The number of rotatable bonds is 2. The molecule has 0 amide bonds. The van der Waals surface area contributed by atoms with Gasteiger partial charge in [0.2, 0.25) is 10.0 Å². The highest BCUT2D eigenvalue weighted by Gasteiger charge is 2.53. The van der Waals surface area contributed by atoms with Gasteiger partial charge in [-0.25, -0.2) is 8.42 Å². The average molecular weight is 307 g/mol. The second kappa shape index (κ2) is 4.92. The summed E-state index contributed by atoms with van der Waals surface area (Å²) in [5.74, 6) is 0.107. The van der Waals surface area contributed by atoms with E-state index in [2.05, 4.69) is 0 Å². The summed E-state index contributed by atoms with van der Waals surface area (Å²) in [5.41, 5.74) is 1.02. The summed E-state index contributed by atoms with van der Waals surface area (Å²) >= 11 is 0. The van der Waals surface area contributed by atoms with Crippen LogP contribution in [0.1, 0.15) is 32.3 Å². The summed E-state index contributed by atoms with van der Waals surface area (Å²) in [6.07, 6.45) is 1.44. The van der Waals surface area contributed by atoms with Crippen molar-refractivity contribution in [3.05, 3.63) is 29.8 Å². The molecule has 1 aromatic rings. The number of fused-ring (bicyclic) bond motifs is 2. The summed E-state index contributed by atoms with van der Waals surface area (Å²) in [7, 11) is -3.59. The topological polar surface area (TPSA) is 54.5 Å². The van der Waals surface area contributed by atoms with Crippen molar-refractivity contribution >= 4 is 15.8 Å². The monoisotopic (exact) mass is 307 g/mol. The molecule has 0 saturated carbocycles. The highest BCUT2D eigenvalue weighted by molar-refractivity contribution is 7.89. The summed E-state index contributed by atoms with van der Waals surface area (Å²) in [6, 6.07) is 6.36. The number of ketones is 1. The number of Topliss-reactive ketones (excluding diaryl/α,β-unsaturated/α-hetero) is 1. The Labute approximate surface area is 126 Å². The Balaban J connectivity index is 2.04. The SMILES string of the molecule is Cc1ccc(S(=O)(=O)N2[C@@H]3CC[C@H]2[C@H](C)[C@H](C)C3=O)cc1. The largest absolute Gasteiger partial charge is 0.298 e. The van der Waals surface area contributed by atoms with Gasteiger partial charge in [-0.15, -0.1) is 0 Å². The first-order valence-corrected chi connectivity index (χ1v) is 8.92. The molecule has 4 nitrogen and oxygen atoms in total. The van der Waals surface area contributed by atoms with Gasteiger partial charge in [0, 0.05) is 12.0 Å². The molecule has 2 heterocycles. The maximum absolute atomic E-state index is 12.9. The van der Waals surface area contributed by atoms with Crippen LogP contribution in [0, 0.1) is 18.8 Å². The molecule has 0 spiro atoms. The zero-order valence-corrected chi connectivity index (χ0v) is 13.4. The maximum atomic E-state index is 12.9. The first-order valence-electron chi connectivity index (χ1n) is 7.48. The normalized spacial score (nSPS) is 33.4. The summed E-state index contributed by atoms with van der Waals surface area (Å²) in [4.78, 5) is 12.7. The lowest BCUT2D eigenvalue weighted by atomic mass is 9.83. The van der Waals surface area contributed by atoms with Crippen molar-refractivity contribution in [3.63, 3.8) is 0 Å². The fourth-order valence-electron chi connectivity index (χ4n) is 3.65.